The van der Waals surface area contributed by atoms with Gasteiger partial charge < -0.3 is 4.90 Å². The van der Waals surface area contributed by atoms with Gasteiger partial charge in [-0.3, -0.25) is 4.99 Å². The summed E-state index contributed by atoms with van der Waals surface area (Å²) in [6, 6.07) is 0.677. The Bertz CT molecular complexity index is 152. The second-order valence-corrected chi connectivity index (χ2v) is 3.19. The lowest BCUT2D eigenvalue weighted by Gasteiger charge is -2.25. The van der Waals surface area contributed by atoms with E-state index in [4.69, 9.17) is 0 Å². The average Bonchev–Trinajstić information content (AvgIpc) is 2.50. The van der Waals surface area contributed by atoms with E-state index in [0.29, 0.717) is 6.04 Å². The van der Waals surface area contributed by atoms with Crippen molar-refractivity contribution in [2.24, 2.45) is 4.99 Å². The number of aliphatic imine (C=N–C) groups is 1. The van der Waals surface area contributed by atoms with Crippen LogP contribution >= 0.6 is 0 Å². The van der Waals surface area contributed by atoms with Crippen LogP contribution in [-0.4, -0.2) is 30.4 Å². The van der Waals surface area contributed by atoms with Gasteiger partial charge in [0.25, 0.3) is 0 Å². The summed E-state index contributed by atoms with van der Waals surface area (Å²) in [6.07, 6.45) is 3.69. The van der Waals surface area contributed by atoms with Crippen LogP contribution in [-0.2, 0) is 0 Å². The summed E-state index contributed by atoms with van der Waals surface area (Å²) in [5.74, 6) is 1.30. The maximum atomic E-state index is 4.28. The Morgan fingerprint density at radius 2 is 2.36 bits per heavy atom. The van der Waals surface area contributed by atoms with Gasteiger partial charge in [0.15, 0.2) is 0 Å². The number of likely N-dealkylation sites (tertiary alicyclic amines) is 1. The Hall–Kier alpha value is -0.530. The lowest BCUT2D eigenvalue weighted by Crippen LogP contribution is -2.33. The van der Waals surface area contributed by atoms with Gasteiger partial charge >= 0.3 is 0 Å². The average molecular weight is 154 g/mol. The van der Waals surface area contributed by atoms with Gasteiger partial charge in [0.1, 0.15) is 0 Å². The van der Waals surface area contributed by atoms with Crippen LogP contribution in [0.3, 0.4) is 0 Å². The number of hydrogen-bond acceptors (Lipinski definition) is 1. The van der Waals surface area contributed by atoms with Crippen LogP contribution in [0.4, 0.5) is 0 Å². The molecule has 0 saturated carbocycles. The summed E-state index contributed by atoms with van der Waals surface area (Å²) in [7, 11) is 1.90. The molecular weight excluding hydrogens is 136 g/mol. The molecular formula is C9H18N2. The Labute approximate surface area is 69.3 Å². The smallest absolute Gasteiger partial charge is 0.0988 e. The highest BCUT2D eigenvalue weighted by Gasteiger charge is 2.21. The second kappa shape index (κ2) is 3.74. The molecule has 1 unspecified atom stereocenters. The number of rotatable bonds is 2. The molecule has 0 aromatic rings. The fourth-order valence-electron chi connectivity index (χ4n) is 1.62. The maximum Gasteiger partial charge on any atom is 0.0988 e. The molecule has 1 saturated heterocycles. The lowest BCUT2D eigenvalue weighted by atomic mass is 10.2. The predicted molar refractivity (Wildman–Crippen MR) is 49.1 cm³/mol. The third-order valence-corrected chi connectivity index (χ3v) is 2.51. The Kier molecular flexibility index (Phi) is 2.92. The zero-order valence-corrected chi connectivity index (χ0v) is 7.80. The fraction of sp³-hybridized carbons (Fsp3) is 0.889. The van der Waals surface area contributed by atoms with Crippen LogP contribution in [0.25, 0.3) is 0 Å². The van der Waals surface area contributed by atoms with Crippen LogP contribution in [0.15, 0.2) is 4.99 Å². The minimum absolute atomic E-state index is 0.677. The van der Waals surface area contributed by atoms with Gasteiger partial charge in [-0.2, -0.15) is 0 Å². The monoisotopic (exact) mass is 154 g/mol. The van der Waals surface area contributed by atoms with Crippen molar-refractivity contribution < 1.29 is 0 Å². The van der Waals surface area contributed by atoms with E-state index < -0.39 is 0 Å². The molecule has 0 aliphatic carbocycles. The van der Waals surface area contributed by atoms with Gasteiger partial charge in [0.05, 0.1) is 5.84 Å². The van der Waals surface area contributed by atoms with Crippen molar-refractivity contribution in [3.05, 3.63) is 0 Å². The highest BCUT2D eigenvalue weighted by atomic mass is 15.2. The zero-order chi connectivity index (χ0) is 8.27. The van der Waals surface area contributed by atoms with Crippen LogP contribution < -0.4 is 0 Å². The molecule has 1 atom stereocenters. The molecule has 0 radical (unpaired) electrons. The van der Waals surface area contributed by atoms with Crippen LogP contribution in [0.1, 0.15) is 33.1 Å². The van der Waals surface area contributed by atoms with Gasteiger partial charge in [-0.25, -0.2) is 0 Å². The van der Waals surface area contributed by atoms with E-state index in [0.717, 1.165) is 0 Å². The molecule has 0 aromatic heterocycles. The summed E-state index contributed by atoms with van der Waals surface area (Å²) >= 11 is 0. The summed E-state index contributed by atoms with van der Waals surface area (Å²) in [5.41, 5.74) is 0. The first-order chi connectivity index (χ1) is 5.29. The summed E-state index contributed by atoms with van der Waals surface area (Å²) in [6.45, 7) is 5.72. The molecule has 0 aromatic carbocycles. The highest BCUT2D eigenvalue weighted by molar-refractivity contribution is 5.84. The van der Waals surface area contributed by atoms with E-state index in [1.165, 1.54) is 31.6 Å². The minimum atomic E-state index is 0.677. The first kappa shape index (κ1) is 8.57. The lowest BCUT2D eigenvalue weighted by molar-refractivity contribution is 0.346. The normalized spacial score (nSPS) is 24.6. The van der Waals surface area contributed by atoms with Crippen molar-refractivity contribution >= 4 is 5.84 Å². The molecule has 2 heteroatoms. The maximum absolute atomic E-state index is 4.28. The summed E-state index contributed by atoms with van der Waals surface area (Å²) < 4.78 is 0. The minimum Gasteiger partial charge on any atom is -0.358 e. The number of amidine groups is 1. The zero-order valence-electron chi connectivity index (χ0n) is 7.80. The molecule has 1 rings (SSSR count). The Balaban J connectivity index is 2.56. The molecule has 1 heterocycles. The fourth-order valence-corrected chi connectivity index (χ4v) is 1.62. The van der Waals surface area contributed by atoms with E-state index in [1.54, 1.807) is 0 Å². The quantitative estimate of drug-likeness (QED) is 0.593. The molecule has 0 N–H and O–H groups in total. The third-order valence-electron chi connectivity index (χ3n) is 2.51. The molecule has 0 amide bonds. The van der Waals surface area contributed by atoms with Crippen molar-refractivity contribution in [3.8, 4) is 0 Å². The molecule has 11 heavy (non-hydrogen) atoms. The molecule has 1 aliphatic heterocycles. The van der Waals surface area contributed by atoms with Gasteiger partial charge in [-0.1, -0.05) is 6.92 Å². The van der Waals surface area contributed by atoms with Crippen molar-refractivity contribution in [1.29, 1.82) is 0 Å². The first-order valence-electron chi connectivity index (χ1n) is 4.52. The van der Waals surface area contributed by atoms with Crippen LogP contribution in [0, 0.1) is 0 Å². The van der Waals surface area contributed by atoms with Gasteiger partial charge in [0, 0.05) is 26.1 Å². The number of hydrogen-bond donors (Lipinski definition) is 0. The summed E-state index contributed by atoms with van der Waals surface area (Å²) in [4.78, 5) is 6.71. The van der Waals surface area contributed by atoms with Gasteiger partial charge in [-0.15, -0.1) is 0 Å². The number of nitrogens with zero attached hydrogens (tertiary/aromatic N) is 2. The van der Waals surface area contributed by atoms with Crippen molar-refractivity contribution in [3.63, 3.8) is 0 Å². The van der Waals surface area contributed by atoms with Gasteiger partial charge in [-0.05, 0) is 19.8 Å². The molecule has 1 aliphatic rings. The van der Waals surface area contributed by atoms with E-state index >= 15 is 0 Å². The van der Waals surface area contributed by atoms with Crippen LogP contribution in [0.5, 0.6) is 0 Å². The Morgan fingerprint density at radius 1 is 1.64 bits per heavy atom. The SMILES string of the molecule is CCC(C)N1CCCC1=NC. The first-order valence-corrected chi connectivity index (χ1v) is 4.52. The van der Waals surface area contributed by atoms with Crippen LogP contribution in [0.2, 0.25) is 0 Å². The largest absolute Gasteiger partial charge is 0.358 e. The van der Waals surface area contributed by atoms with E-state index in [9.17, 15) is 0 Å². The van der Waals surface area contributed by atoms with E-state index in [2.05, 4.69) is 23.7 Å². The third kappa shape index (κ3) is 1.73. The van der Waals surface area contributed by atoms with Gasteiger partial charge in [0.2, 0.25) is 0 Å². The topological polar surface area (TPSA) is 15.6 Å². The van der Waals surface area contributed by atoms with E-state index in [-0.39, 0.29) is 0 Å². The predicted octanol–water partition coefficient (Wildman–Crippen LogP) is 1.91. The van der Waals surface area contributed by atoms with Crippen molar-refractivity contribution in [1.82, 2.24) is 4.90 Å². The molecule has 1 fully saturated rings. The summed E-state index contributed by atoms with van der Waals surface area (Å²) in [5, 5.41) is 0. The van der Waals surface area contributed by atoms with E-state index in [1.807, 2.05) is 7.05 Å². The Morgan fingerprint density at radius 3 is 2.91 bits per heavy atom. The molecule has 64 valence electrons. The molecule has 0 bridgehead atoms. The highest BCUT2D eigenvalue weighted by Crippen LogP contribution is 2.16. The standard InChI is InChI=1S/C9H18N2/c1-4-8(2)11-7-5-6-9(11)10-3/h8H,4-7H2,1-3H3. The van der Waals surface area contributed by atoms with Crippen molar-refractivity contribution in [2.45, 2.75) is 39.2 Å². The van der Waals surface area contributed by atoms with Crippen molar-refractivity contribution in [2.75, 3.05) is 13.6 Å². The molecule has 0 spiro atoms. The molecule has 2 nitrogen and oxygen atoms in total. The second-order valence-electron chi connectivity index (χ2n) is 3.19.